The number of anilines is 3. The van der Waals surface area contributed by atoms with E-state index >= 15 is 0 Å². The maximum atomic E-state index is 11.7. The lowest BCUT2D eigenvalue weighted by Gasteiger charge is -2.23. The van der Waals surface area contributed by atoms with Crippen molar-refractivity contribution in [2.24, 2.45) is 5.92 Å². The van der Waals surface area contributed by atoms with Crippen molar-refractivity contribution >= 4 is 23.1 Å². The van der Waals surface area contributed by atoms with Crippen LogP contribution in [0.3, 0.4) is 0 Å². The molecule has 0 spiro atoms. The van der Waals surface area contributed by atoms with E-state index in [9.17, 15) is 4.79 Å². The highest BCUT2D eigenvalue weighted by Crippen LogP contribution is 2.30. The van der Waals surface area contributed by atoms with E-state index in [0.717, 1.165) is 30.8 Å². The highest BCUT2D eigenvalue weighted by Gasteiger charge is 2.29. The Balaban J connectivity index is 1.76. The molecule has 1 aromatic carbocycles. The summed E-state index contributed by atoms with van der Waals surface area (Å²) in [7, 11) is 0. The highest BCUT2D eigenvalue weighted by molar-refractivity contribution is 5.93. The van der Waals surface area contributed by atoms with E-state index in [1.165, 1.54) is 5.56 Å². The van der Waals surface area contributed by atoms with Crippen molar-refractivity contribution in [3.63, 3.8) is 0 Å². The molecular formula is C18H21N3O. The zero-order valence-electron chi connectivity index (χ0n) is 13.0. The summed E-state index contributed by atoms with van der Waals surface area (Å²) in [4.78, 5) is 18.3. The van der Waals surface area contributed by atoms with Crippen LogP contribution < -0.4 is 10.2 Å². The SMILES string of the molecule is CCN(c1ccc(NC(=O)C2CC2)nc1)c1cccc(C)c1. The lowest BCUT2D eigenvalue weighted by molar-refractivity contribution is -0.117. The van der Waals surface area contributed by atoms with Crippen molar-refractivity contribution < 1.29 is 4.79 Å². The van der Waals surface area contributed by atoms with Crippen LogP contribution in [0.5, 0.6) is 0 Å². The molecule has 3 rings (SSSR count). The molecule has 114 valence electrons. The van der Waals surface area contributed by atoms with E-state index < -0.39 is 0 Å². The van der Waals surface area contributed by atoms with Crippen LogP contribution in [0.15, 0.2) is 42.6 Å². The molecule has 0 aliphatic heterocycles. The van der Waals surface area contributed by atoms with Gasteiger partial charge in [-0.3, -0.25) is 4.79 Å². The largest absolute Gasteiger partial charge is 0.341 e. The zero-order chi connectivity index (χ0) is 15.5. The maximum Gasteiger partial charge on any atom is 0.228 e. The lowest BCUT2D eigenvalue weighted by atomic mass is 10.2. The average Bonchev–Trinajstić information content (AvgIpc) is 3.35. The molecule has 1 heterocycles. The van der Waals surface area contributed by atoms with Gasteiger partial charge in [0, 0.05) is 18.2 Å². The van der Waals surface area contributed by atoms with Crippen LogP contribution in [0.25, 0.3) is 0 Å². The third-order valence-corrected chi connectivity index (χ3v) is 3.89. The second-order valence-corrected chi connectivity index (χ2v) is 5.75. The van der Waals surface area contributed by atoms with Gasteiger partial charge in [0.2, 0.25) is 5.91 Å². The number of hydrogen-bond donors (Lipinski definition) is 1. The molecule has 2 aromatic rings. The minimum atomic E-state index is 0.0891. The molecule has 1 aromatic heterocycles. The summed E-state index contributed by atoms with van der Waals surface area (Å²) >= 11 is 0. The summed E-state index contributed by atoms with van der Waals surface area (Å²) < 4.78 is 0. The third kappa shape index (κ3) is 3.27. The number of carbonyl (C=O) groups excluding carboxylic acids is 1. The van der Waals surface area contributed by atoms with Crippen LogP contribution in [0.4, 0.5) is 17.2 Å². The molecule has 0 unspecified atom stereocenters. The number of nitrogens with zero attached hydrogens (tertiary/aromatic N) is 2. The van der Waals surface area contributed by atoms with E-state index in [2.05, 4.69) is 53.3 Å². The van der Waals surface area contributed by atoms with E-state index in [1.54, 1.807) is 0 Å². The first-order valence-electron chi connectivity index (χ1n) is 7.78. The summed E-state index contributed by atoms with van der Waals surface area (Å²) in [6.45, 7) is 5.07. The van der Waals surface area contributed by atoms with Crippen molar-refractivity contribution in [1.82, 2.24) is 4.98 Å². The van der Waals surface area contributed by atoms with Crippen molar-refractivity contribution in [2.75, 3.05) is 16.8 Å². The number of pyridine rings is 1. The Morgan fingerprint density at radius 2 is 2.09 bits per heavy atom. The van der Waals surface area contributed by atoms with Crippen molar-refractivity contribution in [3.05, 3.63) is 48.2 Å². The molecule has 0 radical (unpaired) electrons. The van der Waals surface area contributed by atoms with Crippen LogP contribution in [-0.4, -0.2) is 17.4 Å². The minimum absolute atomic E-state index is 0.0891. The number of amides is 1. The highest BCUT2D eigenvalue weighted by atomic mass is 16.2. The number of rotatable bonds is 5. The number of benzene rings is 1. The fourth-order valence-corrected chi connectivity index (χ4v) is 2.50. The Bertz CT molecular complexity index is 662. The molecular weight excluding hydrogens is 274 g/mol. The number of nitrogens with one attached hydrogen (secondary N) is 1. The first-order chi connectivity index (χ1) is 10.7. The monoisotopic (exact) mass is 295 g/mol. The molecule has 22 heavy (non-hydrogen) atoms. The molecule has 0 saturated heterocycles. The van der Waals surface area contributed by atoms with Gasteiger partial charge in [-0.05, 0) is 56.5 Å². The molecule has 1 fully saturated rings. The second-order valence-electron chi connectivity index (χ2n) is 5.75. The van der Waals surface area contributed by atoms with E-state index in [1.807, 2.05) is 18.3 Å². The van der Waals surface area contributed by atoms with Gasteiger partial charge in [0.15, 0.2) is 0 Å². The fourth-order valence-electron chi connectivity index (χ4n) is 2.50. The van der Waals surface area contributed by atoms with E-state index in [-0.39, 0.29) is 11.8 Å². The average molecular weight is 295 g/mol. The Kier molecular flexibility index (Phi) is 4.09. The normalized spacial score (nSPS) is 13.7. The Morgan fingerprint density at radius 3 is 2.68 bits per heavy atom. The second kappa shape index (κ2) is 6.18. The number of carbonyl (C=O) groups is 1. The summed E-state index contributed by atoms with van der Waals surface area (Å²) in [6.07, 6.45) is 3.82. The van der Waals surface area contributed by atoms with E-state index in [0.29, 0.717) is 5.82 Å². The molecule has 0 atom stereocenters. The van der Waals surface area contributed by atoms with Gasteiger partial charge in [-0.1, -0.05) is 12.1 Å². The molecule has 0 bridgehead atoms. The molecule has 1 aliphatic rings. The first kappa shape index (κ1) is 14.6. The van der Waals surface area contributed by atoms with Gasteiger partial charge in [0.25, 0.3) is 0 Å². The molecule has 1 aliphatic carbocycles. The van der Waals surface area contributed by atoms with Gasteiger partial charge < -0.3 is 10.2 Å². The van der Waals surface area contributed by atoms with Crippen molar-refractivity contribution in [3.8, 4) is 0 Å². The summed E-state index contributed by atoms with van der Waals surface area (Å²) in [5.41, 5.74) is 3.41. The maximum absolute atomic E-state index is 11.7. The smallest absolute Gasteiger partial charge is 0.228 e. The van der Waals surface area contributed by atoms with Gasteiger partial charge in [0.1, 0.15) is 5.82 Å². The molecule has 1 amide bonds. The number of hydrogen-bond acceptors (Lipinski definition) is 3. The van der Waals surface area contributed by atoms with Gasteiger partial charge in [0.05, 0.1) is 11.9 Å². The Morgan fingerprint density at radius 1 is 1.27 bits per heavy atom. The van der Waals surface area contributed by atoms with Gasteiger partial charge in [-0.15, -0.1) is 0 Å². The summed E-state index contributed by atoms with van der Waals surface area (Å²) in [6, 6.07) is 12.3. The molecule has 1 saturated carbocycles. The van der Waals surface area contributed by atoms with Crippen molar-refractivity contribution in [2.45, 2.75) is 26.7 Å². The zero-order valence-corrected chi connectivity index (χ0v) is 13.0. The van der Waals surface area contributed by atoms with Crippen molar-refractivity contribution in [1.29, 1.82) is 0 Å². The van der Waals surface area contributed by atoms with Gasteiger partial charge >= 0.3 is 0 Å². The summed E-state index contributed by atoms with van der Waals surface area (Å²) in [5, 5.41) is 2.87. The first-order valence-corrected chi connectivity index (χ1v) is 7.78. The third-order valence-electron chi connectivity index (χ3n) is 3.89. The van der Waals surface area contributed by atoms with Gasteiger partial charge in [-0.25, -0.2) is 4.98 Å². The Labute approximate surface area is 131 Å². The number of aryl methyl sites for hydroxylation is 1. The van der Waals surface area contributed by atoms with Crippen LogP contribution in [-0.2, 0) is 4.79 Å². The van der Waals surface area contributed by atoms with Crippen LogP contribution in [0, 0.1) is 12.8 Å². The Hall–Kier alpha value is -2.36. The predicted molar refractivity (Wildman–Crippen MR) is 89.4 cm³/mol. The minimum Gasteiger partial charge on any atom is -0.341 e. The molecule has 1 N–H and O–H groups in total. The van der Waals surface area contributed by atoms with E-state index in [4.69, 9.17) is 0 Å². The van der Waals surface area contributed by atoms with Crippen LogP contribution >= 0.6 is 0 Å². The molecule has 4 heteroatoms. The topological polar surface area (TPSA) is 45.2 Å². The fraction of sp³-hybridized carbons (Fsp3) is 0.333. The van der Waals surface area contributed by atoms with Crippen LogP contribution in [0.1, 0.15) is 25.3 Å². The standard InChI is InChI=1S/C18H21N3O/c1-3-21(15-6-4-5-13(2)11-15)16-9-10-17(19-12-16)20-18(22)14-7-8-14/h4-6,9-12,14H,3,7-8H2,1-2H3,(H,19,20,22). The number of aromatic nitrogens is 1. The van der Waals surface area contributed by atoms with Crippen LogP contribution in [0.2, 0.25) is 0 Å². The quantitative estimate of drug-likeness (QED) is 0.910. The predicted octanol–water partition coefficient (Wildman–Crippen LogP) is 3.90. The van der Waals surface area contributed by atoms with Gasteiger partial charge in [-0.2, -0.15) is 0 Å². The summed E-state index contributed by atoms with van der Waals surface area (Å²) in [5.74, 6) is 0.910. The lowest BCUT2D eigenvalue weighted by Crippen LogP contribution is -2.17. The molecule has 4 nitrogen and oxygen atoms in total.